The Kier molecular flexibility index (Phi) is 4.55. The number of rotatable bonds is 1. The van der Waals surface area contributed by atoms with Crippen molar-refractivity contribution in [2.75, 3.05) is 24.5 Å². The van der Waals surface area contributed by atoms with Gasteiger partial charge in [0.2, 0.25) is 0 Å². The standard InChI is InChI=1S/C15H21ClF2N2/c1-15(2,3)13-9-20(6-4-5-19-13)14-11(16)7-10(17)8-12(14)18/h7-8,13,19H,4-6,9H2,1-3H3. The van der Waals surface area contributed by atoms with Gasteiger partial charge in [0.15, 0.2) is 5.82 Å². The maximum Gasteiger partial charge on any atom is 0.150 e. The number of nitrogens with one attached hydrogen (secondary N) is 1. The molecule has 1 saturated heterocycles. The Labute approximate surface area is 124 Å². The van der Waals surface area contributed by atoms with Gasteiger partial charge in [-0.05, 0) is 24.4 Å². The van der Waals surface area contributed by atoms with Gasteiger partial charge in [-0.25, -0.2) is 8.78 Å². The minimum Gasteiger partial charge on any atom is -0.366 e. The van der Waals surface area contributed by atoms with E-state index in [0.717, 1.165) is 19.0 Å². The van der Waals surface area contributed by atoms with Crippen molar-refractivity contribution in [1.82, 2.24) is 5.32 Å². The fourth-order valence-corrected chi connectivity index (χ4v) is 2.86. The molecule has 1 atom stereocenters. The van der Waals surface area contributed by atoms with Crippen molar-refractivity contribution in [2.24, 2.45) is 5.41 Å². The minimum absolute atomic E-state index is 0.0611. The second-order valence-corrected chi connectivity index (χ2v) is 6.80. The zero-order valence-electron chi connectivity index (χ0n) is 12.1. The van der Waals surface area contributed by atoms with E-state index < -0.39 is 11.6 Å². The molecule has 112 valence electrons. The first-order chi connectivity index (χ1) is 9.29. The third-order valence-corrected chi connectivity index (χ3v) is 4.03. The summed E-state index contributed by atoms with van der Waals surface area (Å²) in [5.74, 6) is -1.24. The van der Waals surface area contributed by atoms with Gasteiger partial charge in [0.1, 0.15) is 5.82 Å². The lowest BCUT2D eigenvalue weighted by Gasteiger charge is -2.35. The molecular formula is C15H21ClF2N2. The number of nitrogens with zero attached hydrogens (tertiary/aromatic N) is 1. The molecule has 1 aromatic rings. The Bertz CT molecular complexity index is 462. The smallest absolute Gasteiger partial charge is 0.150 e. The average molecular weight is 303 g/mol. The maximum atomic E-state index is 14.1. The van der Waals surface area contributed by atoms with Crippen LogP contribution in [0.4, 0.5) is 14.5 Å². The summed E-state index contributed by atoms with van der Waals surface area (Å²) in [5, 5.41) is 3.63. The highest BCUT2D eigenvalue weighted by atomic mass is 35.5. The summed E-state index contributed by atoms with van der Waals surface area (Å²) in [6.45, 7) is 8.71. The van der Waals surface area contributed by atoms with E-state index in [1.54, 1.807) is 0 Å². The van der Waals surface area contributed by atoms with Crippen molar-refractivity contribution in [1.29, 1.82) is 0 Å². The van der Waals surface area contributed by atoms with Crippen molar-refractivity contribution in [3.8, 4) is 0 Å². The van der Waals surface area contributed by atoms with Gasteiger partial charge in [0.05, 0.1) is 10.7 Å². The van der Waals surface area contributed by atoms with Gasteiger partial charge >= 0.3 is 0 Å². The van der Waals surface area contributed by atoms with Crippen LogP contribution in [0.1, 0.15) is 27.2 Å². The molecule has 2 rings (SSSR count). The molecule has 2 nitrogen and oxygen atoms in total. The Balaban J connectivity index is 2.31. The largest absolute Gasteiger partial charge is 0.366 e. The van der Waals surface area contributed by atoms with Crippen molar-refractivity contribution >= 4 is 17.3 Å². The van der Waals surface area contributed by atoms with E-state index in [2.05, 4.69) is 26.1 Å². The van der Waals surface area contributed by atoms with E-state index in [0.29, 0.717) is 18.8 Å². The first-order valence-electron chi connectivity index (χ1n) is 6.92. The molecule has 1 aliphatic heterocycles. The zero-order chi connectivity index (χ0) is 14.9. The summed E-state index contributed by atoms with van der Waals surface area (Å²) in [6, 6.07) is 2.29. The van der Waals surface area contributed by atoms with E-state index >= 15 is 0 Å². The van der Waals surface area contributed by atoms with Crippen LogP contribution in [0.5, 0.6) is 0 Å². The Morgan fingerprint density at radius 3 is 2.60 bits per heavy atom. The van der Waals surface area contributed by atoms with Crippen LogP contribution in [-0.2, 0) is 0 Å². The molecule has 1 heterocycles. The molecule has 1 unspecified atom stereocenters. The molecule has 0 radical (unpaired) electrons. The fraction of sp³-hybridized carbons (Fsp3) is 0.600. The monoisotopic (exact) mass is 302 g/mol. The van der Waals surface area contributed by atoms with Crippen LogP contribution >= 0.6 is 11.6 Å². The molecule has 0 amide bonds. The van der Waals surface area contributed by atoms with Gasteiger partial charge in [0.25, 0.3) is 0 Å². The summed E-state index contributed by atoms with van der Waals surface area (Å²) < 4.78 is 27.2. The number of anilines is 1. The van der Waals surface area contributed by atoms with Crippen LogP contribution < -0.4 is 10.2 Å². The molecule has 0 aromatic heterocycles. The topological polar surface area (TPSA) is 15.3 Å². The lowest BCUT2D eigenvalue weighted by atomic mass is 9.86. The Hall–Kier alpha value is -0.870. The molecule has 0 saturated carbocycles. The van der Waals surface area contributed by atoms with Gasteiger partial charge in [-0.3, -0.25) is 0 Å². The predicted octanol–water partition coefficient (Wildman–Crippen LogP) is 3.83. The molecule has 0 aliphatic carbocycles. The highest BCUT2D eigenvalue weighted by Gasteiger charge is 2.29. The molecule has 1 fully saturated rings. The summed E-state index contributed by atoms with van der Waals surface area (Å²) >= 11 is 6.04. The second-order valence-electron chi connectivity index (χ2n) is 6.39. The number of hydrogen-bond donors (Lipinski definition) is 1. The summed E-state index contributed by atoms with van der Waals surface area (Å²) in [6.07, 6.45) is 0.903. The fourth-order valence-electron chi connectivity index (χ4n) is 2.54. The Morgan fingerprint density at radius 1 is 1.30 bits per heavy atom. The normalized spacial score (nSPS) is 20.9. The van der Waals surface area contributed by atoms with Crippen molar-refractivity contribution in [3.63, 3.8) is 0 Å². The lowest BCUT2D eigenvalue weighted by Crippen LogP contribution is -2.46. The number of benzene rings is 1. The summed E-state index contributed by atoms with van der Waals surface area (Å²) in [5.41, 5.74) is 0.372. The van der Waals surface area contributed by atoms with Crippen LogP contribution in [0.25, 0.3) is 0 Å². The molecule has 0 bridgehead atoms. The maximum absolute atomic E-state index is 14.1. The van der Waals surface area contributed by atoms with Gasteiger partial charge in [-0.15, -0.1) is 0 Å². The third kappa shape index (κ3) is 3.41. The zero-order valence-corrected chi connectivity index (χ0v) is 12.9. The molecule has 1 aliphatic rings. The van der Waals surface area contributed by atoms with Gasteiger partial charge < -0.3 is 10.2 Å². The molecule has 0 spiro atoms. The number of hydrogen-bond acceptors (Lipinski definition) is 2. The van der Waals surface area contributed by atoms with Gasteiger partial charge in [-0.1, -0.05) is 32.4 Å². The average Bonchev–Trinajstić information content (AvgIpc) is 2.52. The summed E-state index contributed by atoms with van der Waals surface area (Å²) in [4.78, 5) is 1.92. The van der Waals surface area contributed by atoms with E-state index in [4.69, 9.17) is 11.6 Å². The Morgan fingerprint density at radius 2 is 2.00 bits per heavy atom. The lowest BCUT2D eigenvalue weighted by molar-refractivity contribution is 0.280. The second kappa shape index (κ2) is 5.86. The SMILES string of the molecule is CC(C)(C)C1CN(c2c(F)cc(F)cc2Cl)CCCN1. The van der Waals surface area contributed by atoms with Crippen molar-refractivity contribution in [3.05, 3.63) is 28.8 Å². The quantitative estimate of drug-likeness (QED) is 0.848. The van der Waals surface area contributed by atoms with E-state index in [1.165, 1.54) is 6.07 Å². The van der Waals surface area contributed by atoms with Gasteiger partial charge in [-0.2, -0.15) is 0 Å². The molecule has 5 heteroatoms. The van der Waals surface area contributed by atoms with E-state index in [1.807, 2.05) is 4.90 Å². The molecular weight excluding hydrogens is 282 g/mol. The third-order valence-electron chi connectivity index (χ3n) is 3.74. The van der Waals surface area contributed by atoms with Crippen molar-refractivity contribution in [2.45, 2.75) is 33.2 Å². The molecule has 20 heavy (non-hydrogen) atoms. The predicted molar refractivity (Wildman–Crippen MR) is 79.4 cm³/mol. The van der Waals surface area contributed by atoms with E-state index in [9.17, 15) is 8.78 Å². The van der Waals surface area contributed by atoms with Gasteiger partial charge in [0, 0.05) is 25.2 Å². The summed E-state index contributed by atoms with van der Waals surface area (Å²) in [7, 11) is 0. The van der Waals surface area contributed by atoms with Crippen LogP contribution in [0.2, 0.25) is 5.02 Å². The number of halogens is 3. The minimum atomic E-state index is -0.642. The van der Waals surface area contributed by atoms with Crippen LogP contribution in [0, 0.1) is 17.0 Å². The molecule has 1 aromatic carbocycles. The first-order valence-corrected chi connectivity index (χ1v) is 7.29. The van der Waals surface area contributed by atoms with Crippen LogP contribution in [0.15, 0.2) is 12.1 Å². The highest BCUT2D eigenvalue weighted by molar-refractivity contribution is 6.33. The highest BCUT2D eigenvalue weighted by Crippen LogP contribution is 2.32. The van der Waals surface area contributed by atoms with Crippen molar-refractivity contribution < 1.29 is 8.78 Å². The first kappa shape index (κ1) is 15.5. The van der Waals surface area contributed by atoms with Crippen LogP contribution in [-0.4, -0.2) is 25.7 Å². The van der Waals surface area contributed by atoms with Crippen LogP contribution in [0.3, 0.4) is 0 Å². The molecule has 1 N–H and O–H groups in total. The van der Waals surface area contributed by atoms with E-state index in [-0.39, 0.29) is 16.5 Å².